The van der Waals surface area contributed by atoms with Crippen LogP contribution in [0.5, 0.6) is 0 Å². The number of carbonyl (C=O) groups excluding carboxylic acids is 1. The molecule has 78 valence electrons. The van der Waals surface area contributed by atoms with Crippen LogP contribution in [0.3, 0.4) is 0 Å². The normalized spacial score (nSPS) is 20.2. The molecule has 0 unspecified atom stereocenters. The molecule has 13 heavy (non-hydrogen) atoms. The highest BCUT2D eigenvalue weighted by Gasteiger charge is 2.26. The maximum atomic E-state index is 11.0. The van der Waals surface area contributed by atoms with Crippen LogP contribution in [0, 0.1) is 5.92 Å². The van der Waals surface area contributed by atoms with E-state index in [1.54, 1.807) is 0 Å². The molecule has 0 aliphatic carbocycles. The summed E-state index contributed by atoms with van der Waals surface area (Å²) in [4.78, 5) is 11.0. The maximum absolute atomic E-state index is 11.0. The SMILES string of the molecule is COC(=O)[C@H](N)C1CCOCC1.Cl. The van der Waals surface area contributed by atoms with E-state index in [1.807, 2.05) is 0 Å². The van der Waals surface area contributed by atoms with Gasteiger partial charge in [-0.25, -0.2) is 0 Å². The Morgan fingerprint density at radius 2 is 2.08 bits per heavy atom. The van der Waals surface area contributed by atoms with Crippen molar-refractivity contribution in [2.75, 3.05) is 20.3 Å². The van der Waals surface area contributed by atoms with Gasteiger partial charge in [0.1, 0.15) is 6.04 Å². The summed E-state index contributed by atoms with van der Waals surface area (Å²) in [6.45, 7) is 1.41. The Morgan fingerprint density at radius 3 is 2.54 bits per heavy atom. The van der Waals surface area contributed by atoms with Crippen LogP contribution in [-0.4, -0.2) is 32.3 Å². The first-order valence-corrected chi connectivity index (χ1v) is 4.17. The average Bonchev–Trinajstić information content (AvgIpc) is 2.17. The van der Waals surface area contributed by atoms with Gasteiger partial charge in [-0.2, -0.15) is 0 Å². The van der Waals surface area contributed by atoms with Crippen LogP contribution >= 0.6 is 12.4 Å². The van der Waals surface area contributed by atoms with Crippen LogP contribution in [0.25, 0.3) is 0 Å². The first-order chi connectivity index (χ1) is 5.75. The molecule has 5 heteroatoms. The predicted octanol–water partition coefficient (Wildman–Crippen LogP) is 0.335. The van der Waals surface area contributed by atoms with Crippen molar-refractivity contribution in [3.8, 4) is 0 Å². The lowest BCUT2D eigenvalue weighted by Gasteiger charge is -2.25. The average molecular weight is 210 g/mol. The molecule has 0 aromatic rings. The Kier molecular flexibility index (Phi) is 6.03. The van der Waals surface area contributed by atoms with Crippen LogP contribution in [-0.2, 0) is 14.3 Å². The van der Waals surface area contributed by atoms with Crippen LogP contribution < -0.4 is 5.73 Å². The lowest BCUT2D eigenvalue weighted by atomic mass is 9.92. The fourth-order valence-electron chi connectivity index (χ4n) is 1.40. The summed E-state index contributed by atoms with van der Waals surface area (Å²) in [5.74, 6) is -0.0897. The van der Waals surface area contributed by atoms with Crippen LogP contribution in [0.15, 0.2) is 0 Å². The highest BCUT2D eigenvalue weighted by atomic mass is 35.5. The molecule has 1 atom stereocenters. The predicted molar refractivity (Wildman–Crippen MR) is 50.8 cm³/mol. The van der Waals surface area contributed by atoms with E-state index >= 15 is 0 Å². The Balaban J connectivity index is 0.00000144. The van der Waals surface area contributed by atoms with E-state index in [2.05, 4.69) is 4.74 Å². The molecular formula is C8H16ClNO3. The van der Waals surface area contributed by atoms with E-state index in [-0.39, 0.29) is 24.3 Å². The molecule has 1 aliphatic heterocycles. The van der Waals surface area contributed by atoms with Gasteiger partial charge in [-0.3, -0.25) is 4.79 Å². The van der Waals surface area contributed by atoms with E-state index in [0.717, 1.165) is 12.8 Å². The quantitative estimate of drug-likeness (QED) is 0.667. The molecule has 1 fully saturated rings. The van der Waals surface area contributed by atoms with Gasteiger partial charge in [-0.15, -0.1) is 12.4 Å². The van der Waals surface area contributed by atoms with Gasteiger partial charge in [-0.1, -0.05) is 0 Å². The highest BCUT2D eigenvalue weighted by molar-refractivity contribution is 5.85. The van der Waals surface area contributed by atoms with Crippen molar-refractivity contribution in [2.45, 2.75) is 18.9 Å². The standard InChI is InChI=1S/C8H15NO3.ClH/c1-11-8(10)7(9)6-2-4-12-5-3-6;/h6-7H,2-5,9H2,1H3;1H/t7-;/m1./s1. The molecule has 1 aliphatic rings. The third kappa shape index (κ3) is 3.50. The lowest BCUT2D eigenvalue weighted by Crippen LogP contribution is -2.41. The monoisotopic (exact) mass is 209 g/mol. The molecule has 1 heterocycles. The fraction of sp³-hybridized carbons (Fsp3) is 0.875. The summed E-state index contributed by atoms with van der Waals surface area (Å²) in [6, 6.07) is -0.473. The van der Waals surface area contributed by atoms with E-state index < -0.39 is 6.04 Å². The molecule has 0 aromatic heterocycles. The molecule has 1 rings (SSSR count). The first kappa shape index (κ1) is 12.7. The van der Waals surface area contributed by atoms with Crippen molar-refractivity contribution in [2.24, 2.45) is 11.7 Å². The van der Waals surface area contributed by atoms with Crippen molar-refractivity contribution in [3.63, 3.8) is 0 Å². The summed E-state index contributed by atoms with van der Waals surface area (Å²) in [5.41, 5.74) is 5.67. The van der Waals surface area contributed by atoms with Crippen molar-refractivity contribution in [1.29, 1.82) is 0 Å². The van der Waals surface area contributed by atoms with Gasteiger partial charge in [0.2, 0.25) is 0 Å². The Hall–Kier alpha value is -0.320. The van der Waals surface area contributed by atoms with Gasteiger partial charge >= 0.3 is 5.97 Å². The zero-order valence-electron chi connectivity index (χ0n) is 7.69. The Bertz CT molecular complexity index is 159. The number of hydrogen-bond donors (Lipinski definition) is 1. The van der Waals surface area contributed by atoms with Crippen LogP contribution in [0.1, 0.15) is 12.8 Å². The number of rotatable bonds is 2. The maximum Gasteiger partial charge on any atom is 0.322 e. The second-order valence-electron chi connectivity index (χ2n) is 3.00. The lowest BCUT2D eigenvalue weighted by molar-refractivity contribution is -0.144. The number of esters is 1. The molecule has 1 saturated heterocycles. The molecule has 0 saturated carbocycles. The van der Waals surface area contributed by atoms with Crippen molar-refractivity contribution in [3.05, 3.63) is 0 Å². The number of methoxy groups -OCH3 is 1. The molecule has 2 N–H and O–H groups in total. The summed E-state index contributed by atoms with van der Waals surface area (Å²) in [7, 11) is 1.36. The van der Waals surface area contributed by atoms with Gasteiger partial charge in [0.15, 0.2) is 0 Å². The number of nitrogens with two attached hydrogens (primary N) is 1. The number of ether oxygens (including phenoxy) is 2. The van der Waals surface area contributed by atoms with E-state index in [1.165, 1.54) is 7.11 Å². The number of hydrogen-bond acceptors (Lipinski definition) is 4. The zero-order valence-corrected chi connectivity index (χ0v) is 8.51. The minimum Gasteiger partial charge on any atom is -0.468 e. The van der Waals surface area contributed by atoms with Crippen LogP contribution in [0.4, 0.5) is 0 Å². The Morgan fingerprint density at radius 1 is 1.54 bits per heavy atom. The molecule has 0 radical (unpaired) electrons. The largest absolute Gasteiger partial charge is 0.468 e. The van der Waals surface area contributed by atoms with Crippen molar-refractivity contribution < 1.29 is 14.3 Å². The van der Waals surface area contributed by atoms with Gasteiger partial charge < -0.3 is 15.2 Å². The molecule has 0 aromatic carbocycles. The van der Waals surface area contributed by atoms with E-state index in [4.69, 9.17) is 10.5 Å². The number of carbonyl (C=O) groups is 1. The summed E-state index contributed by atoms with van der Waals surface area (Å²) in [6.07, 6.45) is 1.71. The second-order valence-corrected chi connectivity index (χ2v) is 3.00. The molecular weight excluding hydrogens is 194 g/mol. The zero-order chi connectivity index (χ0) is 8.97. The first-order valence-electron chi connectivity index (χ1n) is 4.17. The summed E-state index contributed by atoms with van der Waals surface area (Å²) >= 11 is 0. The molecule has 0 bridgehead atoms. The van der Waals surface area contributed by atoms with E-state index in [0.29, 0.717) is 13.2 Å². The van der Waals surface area contributed by atoms with Gasteiger partial charge in [0.25, 0.3) is 0 Å². The van der Waals surface area contributed by atoms with Gasteiger partial charge in [-0.05, 0) is 18.8 Å². The molecule has 4 nitrogen and oxygen atoms in total. The van der Waals surface area contributed by atoms with Crippen LogP contribution in [0.2, 0.25) is 0 Å². The van der Waals surface area contributed by atoms with Gasteiger partial charge in [0, 0.05) is 13.2 Å². The minimum atomic E-state index is -0.473. The second kappa shape index (κ2) is 6.18. The topological polar surface area (TPSA) is 61.5 Å². The minimum absolute atomic E-state index is 0. The summed E-state index contributed by atoms with van der Waals surface area (Å²) < 4.78 is 9.72. The van der Waals surface area contributed by atoms with Crippen molar-refractivity contribution in [1.82, 2.24) is 0 Å². The Labute approximate surface area is 84.2 Å². The smallest absolute Gasteiger partial charge is 0.322 e. The third-order valence-corrected chi connectivity index (χ3v) is 2.25. The van der Waals surface area contributed by atoms with E-state index in [9.17, 15) is 4.79 Å². The molecule has 0 spiro atoms. The third-order valence-electron chi connectivity index (χ3n) is 2.25. The highest BCUT2D eigenvalue weighted by Crippen LogP contribution is 2.17. The molecule has 0 amide bonds. The van der Waals surface area contributed by atoms with Crippen molar-refractivity contribution >= 4 is 18.4 Å². The number of halogens is 1. The van der Waals surface area contributed by atoms with Gasteiger partial charge in [0.05, 0.1) is 7.11 Å². The summed E-state index contributed by atoms with van der Waals surface area (Å²) in [5, 5.41) is 0. The fourth-order valence-corrected chi connectivity index (χ4v) is 1.40.